The van der Waals surface area contributed by atoms with Crippen LogP contribution in [0, 0.1) is 0 Å². The Balaban J connectivity index is 1.81. The number of methoxy groups -OCH3 is 3. The highest BCUT2D eigenvalue weighted by Gasteiger charge is 2.20. The van der Waals surface area contributed by atoms with Crippen LogP contribution < -0.4 is 18.9 Å². The van der Waals surface area contributed by atoms with Crippen molar-refractivity contribution < 1.29 is 38.7 Å². The number of rotatable bonds is 15. The average Bonchev–Trinajstić information content (AvgIpc) is 3.43. The van der Waals surface area contributed by atoms with Crippen molar-refractivity contribution in [2.45, 2.75) is 39.3 Å². The summed E-state index contributed by atoms with van der Waals surface area (Å²) in [6.45, 7) is 2.67. The summed E-state index contributed by atoms with van der Waals surface area (Å²) >= 11 is 0. The normalized spacial score (nSPS) is 11.2. The number of aliphatic carboxylic acids is 1. The first-order chi connectivity index (χ1) is 21.3. The molecule has 230 valence electrons. The van der Waals surface area contributed by atoms with Gasteiger partial charge in [-0.1, -0.05) is 31.5 Å². The Morgan fingerprint density at radius 2 is 1.61 bits per heavy atom. The summed E-state index contributed by atoms with van der Waals surface area (Å²) in [7, 11) is 4.63. The minimum Gasteiger partial charge on any atom is -0.497 e. The van der Waals surface area contributed by atoms with Crippen LogP contribution in [0.25, 0.3) is 17.3 Å². The molecule has 2 N–H and O–H groups in total. The van der Waals surface area contributed by atoms with Gasteiger partial charge in [0.2, 0.25) is 0 Å². The minimum absolute atomic E-state index is 0.00500. The second kappa shape index (κ2) is 14.8. The molecule has 0 saturated carbocycles. The van der Waals surface area contributed by atoms with Crippen LogP contribution in [0.1, 0.15) is 46.8 Å². The van der Waals surface area contributed by atoms with E-state index in [9.17, 15) is 19.8 Å². The molecule has 0 aliphatic heterocycles. The number of ether oxygens (including phenoxy) is 4. The van der Waals surface area contributed by atoms with E-state index in [1.54, 1.807) is 67.9 Å². The molecule has 0 radical (unpaired) electrons. The summed E-state index contributed by atoms with van der Waals surface area (Å²) in [4.78, 5) is 24.3. The van der Waals surface area contributed by atoms with Gasteiger partial charge in [-0.05, 0) is 48.4 Å². The predicted molar refractivity (Wildman–Crippen MR) is 166 cm³/mol. The monoisotopic (exact) mass is 600 g/mol. The van der Waals surface area contributed by atoms with Crippen molar-refractivity contribution in [1.29, 1.82) is 0 Å². The highest BCUT2D eigenvalue weighted by Crippen LogP contribution is 2.37. The maximum atomic E-state index is 12.5. The molecule has 10 nitrogen and oxygen atoms in total. The van der Waals surface area contributed by atoms with Crippen molar-refractivity contribution in [3.63, 3.8) is 0 Å². The largest absolute Gasteiger partial charge is 0.497 e. The first-order valence-corrected chi connectivity index (χ1v) is 14.1. The van der Waals surface area contributed by atoms with Crippen LogP contribution >= 0.6 is 0 Å². The zero-order valence-electron chi connectivity index (χ0n) is 25.2. The number of carboxylic acid groups (broad SMARTS) is 2. The van der Waals surface area contributed by atoms with Gasteiger partial charge in [0.1, 0.15) is 29.6 Å². The van der Waals surface area contributed by atoms with E-state index in [0.717, 1.165) is 12.8 Å². The fourth-order valence-electron chi connectivity index (χ4n) is 4.80. The maximum Gasteiger partial charge on any atom is 0.336 e. The number of unbranched alkanes of at least 4 members (excludes halogenated alkanes) is 1. The molecular formula is C34H36N2O8. The number of benzene rings is 3. The molecule has 0 atom stereocenters. The lowest BCUT2D eigenvalue weighted by molar-refractivity contribution is -0.132. The lowest BCUT2D eigenvalue weighted by atomic mass is 10.00. The second-order valence-corrected chi connectivity index (χ2v) is 10.0. The minimum atomic E-state index is -1.07. The van der Waals surface area contributed by atoms with Crippen molar-refractivity contribution in [2.24, 2.45) is 0 Å². The first-order valence-electron chi connectivity index (χ1n) is 14.1. The molecule has 0 saturated heterocycles. The number of aromatic carboxylic acids is 1. The lowest BCUT2D eigenvalue weighted by Gasteiger charge is -2.16. The van der Waals surface area contributed by atoms with E-state index in [4.69, 9.17) is 18.9 Å². The second-order valence-electron chi connectivity index (χ2n) is 10.0. The number of carbonyl (C=O) groups is 2. The van der Waals surface area contributed by atoms with Gasteiger partial charge in [0.15, 0.2) is 0 Å². The number of aryl methyl sites for hydroxylation is 1. The van der Waals surface area contributed by atoms with E-state index < -0.39 is 11.9 Å². The fourth-order valence-corrected chi connectivity index (χ4v) is 4.80. The van der Waals surface area contributed by atoms with Gasteiger partial charge in [0.25, 0.3) is 0 Å². The van der Waals surface area contributed by atoms with Gasteiger partial charge < -0.3 is 29.2 Å². The number of carboxylic acids is 2. The van der Waals surface area contributed by atoms with Crippen LogP contribution in [0.4, 0.5) is 0 Å². The topological polar surface area (TPSA) is 129 Å². The summed E-state index contributed by atoms with van der Waals surface area (Å²) in [6, 6.07) is 17.3. The predicted octanol–water partition coefficient (Wildman–Crippen LogP) is 6.36. The Bertz CT molecular complexity index is 1630. The van der Waals surface area contributed by atoms with Gasteiger partial charge in [-0.2, -0.15) is 5.10 Å². The molecule has 0 spiro atoms. The zero-order valence-corrected chi connectivity index (χ0v) is 25.2. The fraction of sp³-hybridized carbons (Fsp3) is 0.265. The van der Waals surface area contributed by atoms with Crippen molar-refractivity contribution in [2.75, 3.05) is 21.3 Å². The van der Waals surface area contributed by atoms with Gasteiger partial charge in [0.05, 0.1) is 38.8 Å². The number of nitrogens with zero attached hydrogens (tertiary/aromatic N) is 2. The number of hydrogen-bond acceptors (Lipinski definition) is 7. The molecule has 0 amide bonds. The Hall–Kier alpha value is -5.25. The molecule has 0 fully saturated rings. The molecule has 0 bridgehead atoms. The molecule has 3 aromatic carbocycles. The molecule has 4 aromatic rings. The standard InChI is InChI=1S/C34H36N2O8/c1-5-6-13-36-32(25(20-35-36)17-24(33(37)38)14-22-15-27(42-3)18-28(16-22)43-4)30-12-11-26(41-2)19-31(30)44-21-23-9-7-8-10-29(23)34(39)40/h7-12,15-20H,5-6,13-14,21H2,1-4H3,(H,37,38)(H,39,40)/b24-17+. The van der Waals surface area contributed by atoms with Crippen LogP contribution in [-0.2, 0) is 24.4 Å². The van der Waals surface area contributed by atoms with Gasteiger partial charge in [-0.3, -0.25) is 4.68 Å². The Morgan fingerprint density at radius 3 is 2.25 bits per heavy atom. The Morgan fingerprint density at radius 1 is 0.909 bits per heavy atom. The average molecular weight is 601 g/mol. The smallest absolute Gasteiger partial charge is 0.336 e. The third-order valence-electron chi connectivity index (χ3n) is 7.08. The van der Waals surface area contributed by atoms with E-state index in [1.165, 1.54) is 20.3 Å². The van der Waals surface area contributed by atoms with Crippen LogP contribution in [0.3, 0.4) is 0 Å². The third-order valence-corrected chi connectivity index (χ3v) is 7.08. The molecule has 44 heavy (non-hydrogen) atoms. The van der Waals surface area contributed by atoms with Gasteiger partial charge >= 0.3 is 11.9 Å². The molecule has 10 heteroatoms. The molecular weight excluding hydrogens is 564 g/mol. The Kier molecular flexibility index (Phi) is 10.6. The van der Waals surface area contributed by atoms with Gasteiger partial charge in [0, 0.05) is 47.4 Å². The van der Waals surface area contributed by atoms with E-state index in [2.05, 4.69) is 12.0 Å². The van der Waals surface area contributed by atoms with Crippen molar-refractivity contribution >= 4 is 18.0 Å². The number of hydrogen-bond donors (Lipinski definition) is 2. The number of aromatic nitrogens is 2. The zero-order chi connectivity index (χ0) is 31.6. The molecule has 0 aliphatic carbocycles. The summed E-state index contributed by atoms with van der Waals surface area (Å²) in [5.74, 6) is -0.0224. The molecule has 0 aliphatic rings. The van der Waals surface area contributed by atoms with Crippen LogP contribution in [0.2, 0.25) is 0 Å². The first kappa shape index (κ1) is 31.7. The molecule has 1 aromatic heterocycles. The maximum absolute atomic E-state index is 12.5. The van der Waals surface area contributed by atoms with Gasteiger partial charge in [-0.15, -0.1) is 0 Å². The summed E-state index contributed by atoms with van der Waals surface area (Å²) < 4.78 is 24.3. The summed E-state index contributed by atoms with van der Waals surface area (Å²) in [5.41, 5.74) is 3.43. The van der Waals surface area contributed by atoms with Crippen molar-refractivity contribution in [3.05, 3.63) is 94.7 Å². The molecule has 4 rings (SSSR count). The third kappa shape index (κ3) is 7.57. The van der Waals surface area contributed by atoms with Gasteiger partial charge in [-0.25, -0.2) is 9.59 Å². The molecule has 0 unspecified atom stereocenters. The van der Waals surface area contributed by atoms with E-state index >= 15 is 0 Å². The van der Waals surface area contributed by atoms with Crippen molar-refractivity contribution in [3.8, 4) is 34.3 Å². The quantitative estimate of drug-likeness (QED) is 0.150. The van der Waals surface area contributed by atoms with Crippen LogP contribution in [0.5, 0.6) is 23.0 Å². The summed E-state index contributed by atoms with van der Waals surface area (Å²) in [5, 5.41) is 24.5. The van der Waals surface area contributed by atoms with Crippen LogP contribution in [0.15, 0.2) is 72.4 Å². The lowest BCUT2D eigenvalue weighted by Crippen LogP contribution is -2.08. The molecule has 1 heterocycles. The van der Waals surface area contributed by atoms with E-state index in [0.29, 0.717) is 57.5 Å². The highest BCUT2D eigenvalue weighted by atomic mass is 16.5. The van der Waals surface area contributed by atoms with Crippen molar-refractivity contribution in [1.82, 2.24) is 9.78 Å². The van der Waals surface area contributed by atoms with E-state index in [1.807, 2.05) is 10.7 Å². The SMILES string of the molecule is CCCCn1ncc(/C=C(\Cc2cc(OC)cc(OC)c2)C(=O)O)c1-c1ccc(OC)cc1OCc1ccccc1C(=O)O. The van der Waals surface area contributed by atoms with E-state index in [-0.39, 0.29) is 24.2 Å². The highest BCUT2D eigenvalue weighted by molar-refractivity contribution is 5.94. The Labute approximate surface area is 256 Å². The summed E-state index contributed by atoms with van der Waals surface area (Å²) in [6.07, 6.45) is 5.16. The van der Waals surface area contributed by atoms with Crippen LogP contribution in [-0.4, -0.2) is 53.3 Å².